The molecule has 0 saturated heterocycles. The molecule has 0 atom stereocenters. The van der Waals surface area contributed by atoms with Crippen molar-refractivity contribution in [3.05, 3.63) is 28.6 Å². The fourth-order valence-corrected chi connectivity index (χ4v) is 3.65. The lowest BCUT2D eigenvalue weighted by Crippen LogP contribution is -1.93. The minimum Gasteiger partial charge on any atom is -0.250 e. The predicted octanol–water partition coefficient (Wildman–Crippen LogP) is 3.24. The molecule has 3 aromatic heterocycles. The Morgan fingerprint density at radius 1 is 1.35 bits per heavy atom. The van der Waals surface area contributed by atoms with Crippen LogP contribution in [0.25, 0.3) is 11.0 Å². The molecule has 20 heavy (non-hydrogen) atoms. The fourth-order valence-electron chi connectivity index (χ4n) is 1.85. The summed E-state index contributed by atoms with van der Waals surface area (Å²) in [4.78, 5) is 13.2. The molecule has 3 aromatic rings. The quantitative estimate of drug-likeness (QED) is 0.547. The van der Waals surface area contributed by atoms with Crippen LogP contribution in [0.2, 0.25) is 0 Å². The van der Waals surface area contributed by atoms with Crippen molar-refractivity contribution >= 4 is 34.1 Å². The number of thiazole rings is 1. The molecule has 0 unspecified atom stereocenters. The molecule has 5 nitrogen and oxygen atoms in total. The summed E-state index contributed by atoms with van der Waals surface area (Å²) >= 11 is 3.41. The van der Waals surface area contributed by atoms with E-state index < -0.39 is 0 Å². The lowest BCUT2D eigenvalue weighted by Gasteiger charge is -2.00. The maximum atomic E-state index is 4.64. The summed E-state index contributed by atoms with van der Waals surface area (Å²) in [7, 11) is 1.89. The van der Waals surface area contributed by atoms with E-state index in [1.54, 1.807) is 34.1 Å². The molecule has 0 aliphatic carbocycles. The molecule has 7 heteroatoms. The first-order valence-corrected chi connectivity index (χ1v) is 8.21. The van der Waals surface area contributed by atoms with Gasteiger partial charge in [0.05, 0.1) is 22.3 Å². The Morgan fingerprint density at radius 3 is 2.95 bits per heavy atom. The van der Waals surface area contributed by atoms with Crippen molar-refractivity contribution in [2.24, 2.45) is 7.05 Å². The Morgan fingerprint density at radius 2 is 2.20 bits per heavy atom. The van der Waals surface area contributed by atoms with Crippen LogP contribution in [0.4, 0.5) is 0 Å². The Balaban J connectivity index is 1.79. The topological polar surface area (TPSA) is 56.5 Å². The van der Waals surface area contributed by atoms with Gasteiger partial charge in [0.25, 0.3) is 0 Å². The van der Waals surface area contributed by atoms with E-state index in [-0.39, 0.29) is 0 Å². The minimum absolute atomic E-state index is 0.489. The minimum atomic E-state index is 0.489. The number of hydrogen-bond donors (Lipinski definition) is 0. The number of nitrogens with zero attached hydrogens (tertiary/aromatic N) is 5. The van der Waals surface area contributed by atoms with Crippen LogP contribution in [0.5, 0.6) is 0 Å². The van der Waals surface area contributed by atoms with Crippen LogP contribution in [0.1, 0.15) is 30.5 Å². The number of thioether (sulfide) groups is 1. The van der Waals surface area contributed by atoms with E-state index >= 15 is 0 Å². The highest BCUT2D eigenvalue weighted by Crippen LogP contribution is 2.28. The summed E-state index contributed by atoms with van der Waals surface area (Å²) in [5.74, 6) is 1.31. The first kappa shape index (κ1) is 13.5. The highest BCUT2D eigenvalue weighted by molar-refractivity contribution is 7.98. The van der Waals surface area contributed by atoms with Crippen molar-refractivity contribution in [2.45, 2.75) is 30.5 Å². The number of aryl methyl sites for hydroxylation is 1. The third-order valence-corrected chi connectivity index (χ3v) is 5.15. The lowest BCUT2D eigenvalue weighted by atomic mass is 10.2. The molecule has 0 radical (unpaired) electrons. The predicted molar refractivity (Wildman–Crippen MR) is 82.1 cm³/mol. The Hall–Kier alpha value is -1.47. The second kappa shape index (κ2) is 5.49. The van der Waals surface area contributed by atoms with Gasteiger partial charge in [-0.25, -0.2) is 15.0 Å². The van der Waals surface area contributed by atoms with Crippen LogP contribution in [0, 0.1) is 0 Å². The molecular weight excluding hydrogens is 290 g/mol. The SMILES string of the molecule is CC(C)c1nc(CSc2ncnc3c2cnn3C)cs1. The van der Waals surface area contributed by atoms with Gasteiger partial charge in [0.2, 0.25) is 0 Å². The summed E-state index contributed by atoms with van der Waals surface area (Å²) in [5, 5.41) is 9.50. The molecule has 0 bridgehead atoms. The van der Waals surface area contributed by atoms with Crippen LogP contribution in [-0.2, 0) is 12.8 Å². The molecular formula is C13H15N5S2. The molecule has 0 aliphatic heterocycles. The highest BCUT2D eigenvalue weighted by Gasteiger charge is 2.10. The fraction of sp³-hybridized carbons (Fsp3) is 0.385. The van der Waals surface area contributed by atoms with E-state index in [0.29, 0.717) is 5.92 Å². The Bertz CT molecular complexity index is 731. The van der Waals surface area contributed by atoms with Crippen LogP contribution in [0.3, 0.4) is 0 Å². The molecule has 0 aliphatic rings. The number of rotatable bonds is 4. The van der Waals surface area contributed by atoms with Crippen LogP contribution in [-0.4, -0.2) is 24.7 Å². The van der Waals surface area contributed by atoms with Gasteiger partial charge in [-0.1, -0.05) is 25.6 Å². The Kier molecular flexibility index (Phi) is 3.71. The normalized spacial score (nSPS) is 11.6. The monoisotopic (exact) mass is 305 g/mol. The second-order valence-electron chi connectivity index (χ2n) is 4.80. The smallest absolute Gasteiger partial charge is 0.162 e. The summed E-state index contributed by atoms with van der Waals surface area (Å²) in [5.41, 5.74) is 1.97. The van der Waals surface area contributed by atoms with E-state index in [0.717, 1.165) is 27.5 Å². The van der Waals surface area contributed by atoms with Gasteiger partial charge in [0.15, 0.2) is 5.65 Å². The second-order valence-corrected chi connectivity index (χ2v) is 6.66. The van der Waals surface area contributed by atoms with Crippen LogP contribution in [0.15, 0.2) is 22.9 Å². The molecule has 0 fully saturated rings. The largest absolute Gasteiger partial charge is 0.250 e. The molecule has 3 heterocycles. The van der Waals surface area contributed by atoms with E-state index in [1.807, 2.05) is 13.2 Å². The summed E-state index contributed by atoms with van der Waals surface area (Å²) in [6.45, 7) is 4.33. The van der Waals surface area contributed by atoms with Crippen molar-refractivity contribution in [2.75, 3.05) is 0 Å². The Labute approximate surface area is 125 Å². The summed E-state index contributed by atoms with van der Waals surface area (Å²) < 4.78 is 1.76. The molecule has 0 amide bonds. The average Bonchev–Trinajstić information content (AvgIpc) is 3.04. The van der Waals surface area contributed by atoms with Gasteiger partial charge in [-0.2, -0.15) is 5.10 Å². The van der Waals surface area contributed by atoms with E-state index in [2.05, 4.69) is 39.3 Å². The van der Waals surface area contributed by atoms with Crippen LogP contribution >= 0.6 is 23.1 Å². The third kappa shape index (κ3) is 2.55. The first-order chi connectivity index (χ1) is 9.65. The molecule has 0 spiro atoms. The van der Waals surface area contributed by atoms with Crippen molar-refractivity contribution in [3.8, 4) is 0 Å². The van der Waals surface area contributed by atoms with Gasteiger partial charge >= 0.3 is 0 Å². The molecule has 104 valence electrons. The number of aromatic nitrogens is 5. The maximum absolute atomic E-state index is 4.64. The average molecular weight is 305 g/mol. The van der Waals surface area contributed by atoms with Crippen LogP contribution < -0.4 is 0 Å². The lowest BCUT2D eigenvalue weighted by molar-refractivity contribution is 0.784. The maximum Gasteiger partial charge on any atom is 0.162 e. The van der Waals surface area contributed by atoms with Gasteiger partial charge in [0, 0.05) is 24.1 Å². The highest BCUT2D eigenvalue weighted by atomic mass is 32.2. The van der Waals surface area contributed by atoms with Gasteiger partial charge in [0.1, 0.15) is 11.4 Å². The van der Waals surface area contributed by atoms with E-state index in [4.69, 9.17) is 0 Å². The third-order valence-electron chi connectivity index (χ3n) is 2.91. The van der Waals surface area contributed by atoms with E-state index in [9.17, 15) is 0 Å². The summed E-state index contributed by atoms with van der Waals surface area (Å²) in [6, 6.07) is 0. The molecule has 0 saturated carbocycles. The van der Waals surface area contributed by atoms with E-state index in [1.165, 1.54) is 5.01 Å². The van der Waals surface area contributed by atoms with Crippen molar-refractivity contribution in [1.82, 2.24) is 24.7 Å². The van der Waals surface area contributed by atoms with Gasteiger partial charge in [-0.3, -0.25) is 4.68 Å². The molecule has 0 N–H and O–H groups in total. The first-order valence-electron chi connectivity index (χ1n) is 6.35. The standard InChI is InChI=1S/C13H15N5S2/c1-8(2)12-17-9(5-19-12)6-20-13-10-4-16-18(3)11(10)14-7-15-13/h4-5,7-8H,6H2,1-3H3. The zero-order valence-corrected chi connectivity index (χ0v) is 13.2. The summed E-state index contributed by atoms with van der Waals surface area (Å²) in [6.07, 6.45) is 3.41. The van der Waals surface area contributed by atoms with Gasteiger partial charge in [-0.05, 0) is 0 Å². The van der Waals surface area contributed by atoms with Crippen molar-refractivity contribution in [3.63, 3.8) is 0 Å². The molecule has 3 rings (SSSR count). The zero-order valence-electron chi connectivity index (χ0n) is 11.6. The van der Waals surface area contributed by atoms with Crippen molar-refractivity contribution < 1.29 is 0 Å². The van der Waals surface area contributed by atoms with Gasteiger partial charge in [-0.15, -0.1) is 11.3 Å². The van der Waals surface area contributed by atoms with Gasteiger partial charge < -0.3 is 0 Å². The number of fused-ring (bicyclic) bond motifs is 1. The zero-order chi connectivity index (χ0) is 14.1. The number of hydrogen-bond acceptors (Lipinski definition) is 6. The molecule has 0 aromatic carbocycles. The van der Waals surface area contributed by atoms with Crippen molar-refractivity contribution in [1.29, 1.82) is 0 Å².